The average Bonchev–Trinajstić information content (AvgIpc) is 3.24. The first kappa shape index (κ1) is 22.1. The SMILES string of the molecule is CC(C)n1c(C2CCCO2)nc2cnc(Nc3ccnc(-c4cnn(S(=O)(=O)C5CC5)c4)n3)cc21. The van der Waals surface area contributed by atoms with Gasteiger partial charge in [-0.05, 0) is 45.6 Å². The molecule has 12 heteroatoms. The van der Waals surface area contributed by atoms with Crippen molar-refractivity contribution in [2.75, 3.05) is 11.9 Å². The zero-order chi connectivity index (χ0) is 24.2. The summed E-state index contributed by atoms with van der Waals surface area (Å²) in [6.07, 6.45) is 9.67. The summed E-state index contributed by atoms with van der Waals surface area (Å²) in [6.45, 7) is 5.03. The summed E-state index contributed by atoms with van der Waals surface area (Å²) in [5, 5.41) is 6.92. The van der Waals surface area contributed by atoms with Gasteiger partial charge in [0.1, 0.15) is 29.1 Å². The summed E-state index contributed by atoms with van der Waals surface area (Å²) in [5.41, 5.74) is 2.33. The van der Waals surface area contributed by atoms with Crippen LogP contribution in [0.1, 0.15) is 57.5 Å². The Labute approximate surface area is 202 Å². The topological polar surface area (TPSA) is 130 Å². The van der Waals surface area contributed by atoms with Crippen LogP contribution in [0.2, 0.25) is 0 Å². The molecule has 1 saturated heterocycles. The highest BCUT2D eigenvalue weighted by molar-refractivity contribution is 7.90. The first-order valence-corrected chi connectivity index (χ1v) is 13.3. The molecule has 4 aromatic rings. The van der Waals surface area contributed by atoms with Gasteiger partial charge < -0.3 is 14.6 Å². The van der Waals surface area contributed by atoms with Crippen molar-refractivity contribution in [2.24, 2.45) is 0 Å². The third kappa shape index (κ3) is 4.06. The van der Waals surface area contributed by atoms with Gasteiger partial charge in [0.15, 0.2) is 5.82 Å². The number of nitrogens with one attached hydrogen (secondary N) is 1. The molecule has 2 fully saturated rings. The number of ether oxygens (including phenoxy) is 1. The van der Waals surface area contributed by atoms with Gasteiger partial charge in [0.25, 0.3) is 10.0 Å². The Hall–Kier alpha value is -3.38. The van der Waals surface area contributed by atoms with Crippen molar-refractivity contribution in [3.05, 3.63) is 42.7 Å². The van der Waals surface area contributed by atoms with Crippen LogP contribution in [0, 0.1) is 0 Å². The smallest absolute Gasteiger partial charge is 0.256 e. The molecule has 182 valence electrons. The Morgan fingerprint density at radius 3 is 2.71 bits per heavy atom. The predicted octanol–water partition coefficient (Wildman–Crippen LogP) is 3.60. The highest BCUT2D eigenvalue weighted by Crippen LogP contribution is 2.33. The zero-order valence-electron chi connectivity index (χ0n) is 19.5. The molecule has 1 saturated carbocycles. The maximum Gasteiger partial charge on any atom is 0.256 e. The predicted molar refractivity (Wildman–Crippen MR) is 130 cm³/mol. The second-order valence-electron chi connectivity index (χ2n) is 9.23. The van der Waals surface area contributed by atoms with Crippen molar-refractivity contribution in [2.45, 2.75) is 56.9 Å². The number of hydrogen-bond donors (Lipinski definition) is 1. The maximum atomic E-state index is 12.4. The highest BCUT2D eigenvalue weighted by atomic mass is 32.2. The van der Waals surface area contributed by atoms with Gasteiger partial charge in [-0.2, -0.15) is 9.19 Å². The van der Waals surface area contributed by atoms with Gasteiger partial charge in [-0.25, -0.2) is 28.4 Å². The van der Waals surface area contributed by atoms with Gasteiger partial charge in [0.2, 0.25) is 0 Å². The van der Waals surface area contributed by atoms with E-state index in [1.807, 2.05) is 6.07 Å². The molecule has 2 aliphatic rings. The van der Waals surface area contributed by atoms with E-state index in [2.05, 4.69) is 43.8 Å². The number of imidazole rings is 1. The molecule has 1 unspecified atom stereocenters. The summed E-state index contributed by atoms with van der Waals surface area (Å²) in [4.78, 5) is 18.2. The molecule has 4 aromatic heterocycles. The Bertz CT molecular complexity index is 1500. The van der Waals surface area contributed by atoms with Crippen LogP contribution in [-0.2, 0) is 14.8 Å². The minimum absolute atomic E-state index is 0.00952. The number of pyridine rings is 1. The Kier molecular flexibility index (Phi) is 5.29. The minimum atomic E-state index is -3.44. The van der Waals surface area contributed by atoms with Crippen LogP contribution in [-0.4, -0.2) is 54.0 Å². The molecule has 0 spiro atoms. The molecule has 0 bridgehead atoms. The van der Waals surface area contributed by atoms with Crippen molar-refractivity contribution in [1.29, 1.82) is 0 Å². The van der Waals surface area contributed by atoms with E-state index < -0.39 is 10.0 Å². The second kappa shape index (κ2) is 8.38. The summed E-state index contributed by atoms with van der Waals surface area (Å²) in [6, 6.07) is 3.91. The molecular formula is C23H26N8O3S. The molecule has 11 nitrogen and oxygen atoms in total. The van der Waals surface area contributed by atoms with Gasteiger partial charge in [0, 0.05) is 24.9 Å². The summed E-state index contributed by atoms with van der Waals surface area (Å²) in [7, 11) is -3.44. The molecule has 5 heterocycles. The Balaban J connectivity index is 1.29. The lowest BCUT2D eigenvalue weighted by molar-refractivity contribution is 0.101. The van der Waals surface area contributed by atoms with Crippen LogP contribution >= 0.6 is 0 Å². The average molecular weight is 495 g/mol. The van der Waals surface area contributed by atoms with E-state index in [1.54, 1.807) is 18.5 Å². The molecule has 0 radical (unpaired) electrons. The summed E-state index contributed by atoms with van der Waals surface area (Å²) < 4.78 is 34.0. The minimum Gasteiger partial charge on any atom is -0.370 e. The third-order valence-corrected chi connectivity index (χ3v) is 8.31. The number of nitrogens with zero attached hydrogens (tertiary/aromatic N) is 7. The van der Waals surface area contributed by atoms with E-state index in [-0.39, 0.29) is 17.4 Å². The van der Waals surface area contributed by atoms with Crippen LogP contribution in [0.4, 0.5) is 11.6 Å². The zero-order valence-corrected chi connectivity index (χ0v) is 20.3. The van der Waals surface area contributed by atoms with Crippen LogP contribution in [0.15, 0.2) is 36.9 Å². The number of fused-ring (bicyclic) bond motifs is 1. The van der Waals surface area contributed by atoms with Crippen molar-refractivity contribution in [3.63, 3.8) is 0 Å². The third-order valence-electron chi connectivity index (χ3n) is 6.27. The van der Waals surface area contributed by atoms with Crippen LogP contribution < -0.4 is 5.32 Å². The molecule has 1 atom stereocenters. The van der Waals surface area contributed by atoms with Crippen LogP contribution in [0.3, 0.4) is 0 Å². The molecule has 1 aliphatic carbocycles. The van der Waals surface area contributed by atoms with Crippen molar-refractivity contribution >= 4 is 32.7 Å². The molecule has 0 amide bonds. The standard InChI is InChI=1S/C23H26N8O3S/c1-14(2)31-18-10-21(25-12-17(18)27-23(31)19-4-3-9-34-19)28-20-7-8-24-22(29-20)15-11-26-30(13-15)35(32,33)16-5-6-16/h7-8,10-14,16,19H,3-6,9H2,1-2H3,(H,24,25,28,29). The van der Waals surface area contributed by atoms with E-state index in [4.69, 9.17) is 9.72 Å². The number of anilines is 2. The largest absolute Gasteiger partial charge is 0.370 e. The lowest BCUT2D eigenvalue weighted by atomic mass is 10.2. The molecule has 1 aliphatic heterocycles. The normalized spacial score (nSPS) is 18.5. The molecule has 6 rings (SSSR count). The van der Waals surface area contributed by atoms with E-state index >= 15 is 0 Å². The number of rotatable bonds is 7. The van der Waals surface area contributed by atoms with E-state index in [0.717, 1.165) is 40.4 Å². The van der Waals surface area contributed by atoms with Crippen molar-refractivity contribution < 1.29 is 13.2 Å². The summed E-state index contributed by atoms with van der Waals surface area (Å²) in [5.74, 6) is 2.47. The number of hydrogen-bond acceptors (Lipinski definition) is 9. The van der Waals surface area contributed by atoms with Gasteiger partial charge in [-0.1, -0.05) is 0 Å². The fourth-order valence-corrected chi connectivity index (χ4v) is 5.89. The fourth-order valence-electron chi connectivity index (χ4n) is 4.41. The van der Waals surface area contributed by atoms with Crippen LogP contribution in [0.25, 0.3) is 22.4 Å². The lowest BCUT2D eigenvalue weighted by Crippen LogP contribution is -2.17. The Morgan fingerprint density at radius 2 is 1.97 bits per heavy atom. The maximum absolute atomic E-state index is 12.4. The summed E-state index contributed by atoms with van der Waals surface area (Å²) >= 11 is 0. The van der Waals surface area contributed by atoms with Gasteiger partial charge in [0.05, 0.1) is 34.9 Å². The fraction of sp³-hybridized carbons (Fsp3) is 0.435. The Morgan fingerprint density at radius 1 is 1.11 bits per heavy atom. The van der Waals surface area contributed by atoms with Crippen molar-refractivity contribution in [3.8, 4) is 11.4 Å². The second-order valence-corrected chi connectivity index (χ2v) is 11.3. The molecular weight excluding hydrogens is 468 g/mol. The van der Waals surface area contributed by atoms with Crippen LogP contribution in [0.5, 0.6) is 0 Å². The van der Waals surface area contributed by atoms with Gasteiger partial charge in [-0.15, -0.1) is 0 Å². The molecule has 35 heavy (non-hydrogen) atoms. The van der Waals surface area contributed by atoms with E-state index in [0.29, 0.717) is 35.9 Å². The molecule has 1 N–H and O–H groups in total. The van der Waals surface area contributed by atoms with Crippen molar-refractivity contribution in [1.82, 2.24) is 33.7 Å². The first-order valence-electron chi connectivity index (χ1n) is 11.8. The van der Waals surface area contributed by atoms with Gasteiger partial charge in [-0.3, -0.25) is 0 Å². The highest BCUT2D eigenvalue weighted by Gasteiger charge is 2.37. The first-order chi connectivity index (χ1) is 16.9. The quantitative estimate of drug-likeness (QED) is 0.409. The number of aromatic nitrogens is 7. The van der Waals surface area contributed by atoms with Gasteiger partial charge >= 0.3 is 0 Å². The van der Waals surface area contributed by atoms with E-state index in [1.165, 1.54) is 12.4 Å². The lowest BCUT2D eigenvalue weighted by Gasteiger charge is -2.16. The molecule has 0 aromatic carbocycles. The van der Waals surface area contributed by atoms with E-state index in [9.17, 15) is 8.42 Å². The monoisotopic (exact) mass is 494 g/mol.